The number of nitrogens with zero attached hydrogens (tertiary/aromatic N) is 2. The number of aliphatic hydroxyl groups excluding tert-OH is 1. The lowest BCUT2D eigenvalue weighted by Gasteiger charge is -2.32. The Balaban J connectivity index is 1.67. The normalized spacial score (nSPS) is 21.5. The van der Waals surface area contributed by atoms with Gasteiger partial charge in [0.25, 0.3) is 0 Å². The average Bonchev–Trinajstić information content (AvgIpc) is 3.19. The molecule has 0 spiro atoms. The molecule has 1 aromatic rings. The van der Waals surface area contributed by atoms with Crippen LogP contribution in [0.2, 0.25) is 0 Å². The maximum atomic E-state index is 13.1. The van der Waals surface area contributed by atoms with Gasteiger partial charge >= 0.3 is 0 Å². The number of hydrogen-bond donors (Lipinski definition) is 2. The third-order valence-corrected chi connectivity index (χ3v) is 7.82. The lowest BCUT2D eigenvalue weighted by molar-refractivity contribution is -0.127. The molecule has 1 aromatic carbocycles. The van der Waals surface area contributed by atoms with Crippen molar-refractivity contribution in [2.45, 2.75) is 56.9 Å². The topological polar surface area (TPSA) is 107 Å². The van der Waals surface area contributed by atoms with Gasteiger partial charge in [0, 0.05) is 31.7 Å². The van der Waals surface area contributed by atoms with Gasteiger partial charge in [-0.1, -0.05) is 13.8 Å². The van der Waals surface area contributed by atoms with Crippen LogP contribution in [0.5, 0.6) is 0 Å². The molecule has 9 heteroatoms. The van der Waals surface area contributed by atoms with Gasteiger partial charge < -0.3 is 15.3 Å². The Bertz CT molecular complexity index is 885. The maximum Gasteiger partial charge on any atom is 0.243 e. The Morgan fingerprint density at radius 1 is 1.19 bits per heavy atom. The van der Waals surface area contributed by atoms with Crippen LogP contribution in [0.4, 0.5) is 5.69 Å². The summed E-state index contributed by atoms with van der Waals surface area (Å²) >= 11 is 0. The second-order valence-electron chi connectivity index (χ2n) is 8.86. The first kappa shape index (κ1) is 23.7. The molecular formula is C22H33N3O5S. The zero-order valence-electron chi connectivity index (χ0n) is 18.3. The maximum absolute atomic E-state index is 13.1. The van der Waals surface area contributed by atoms with Crippen molar-refractivity contribution in [2.24, 2.45) is 11.8 Å². The van der Waals surface area contributed by atoms with Gasteiger partial charge in [-0.2, -0.15) is 4.31 Å². The molecule has 2 saturated heterocycles. The van der Waals surface area contributed by atoms with Crippen LogP contribution < -0.4 is 10.2 Å². The number of carbonyl (C=O) groups is 2. The highest BCUT2D eigenvalue weighted by Gasteiger charge is 2.34. The van der Waals surface area contributed by atoms with Crippen LogP contribution in [-0.2, 0) is 19.6 Å². The molecule has 2 atom stereocenters. The summed E-state index contributed by atoms with van der Waals surface area (Å²) in [6, 6.07) is 6.08. The van der Waals surface area contributed by atoms with Crippen molar-refractivity contribution in [3.8, 4) is 0 Å². The van der Waals surface area contributed by atoms with E-state index in [0.717, 1.165) is 6.42 Å². The number of nitrogens with one attached hydrogen (secondary N) is 1. The molecule has 2 amide bonds. The number of carbonyl (C=O) groups excluding carboxylic acids is 2. The van der Waals surface area contributed by atoms with Crippen molar-refractivity contribution in [1.82, 2.24) is 9.62 Å². The fourth-order valence-corrected chi connectivity index (χ4v) is 5.83. The van der Waals surface area contributed by atoms with Gasteiger partial charge in [-0.3, -0.25) is 9.59 Å². The minimum absolute atomic E-state index is 0.0548. The van der Waals surface area contributed by atoms with Crippen LogP contribution in [-0.4, -0.2) is 61.9 Å². The molecule has 2 aliphatic rings. The summed E-state index contributed by atoms with van der Waals surface area (Å²) in [5.41, 5.74) is 0.706. The molecule has 2 fully saturated rings. The number of hydrogen-bond acceptors (Lipinski definition) is 5. The zero-order chi connectivity index (χ0) is 22.6. The van der Waals surface area contributed by atoms with Crippen molar-refractivity contribution in [1.29, 1.82) is 0 Å². The fraction of sp³-hybridized carbons (Fsp3) is 0.636. The summed E-state index contributed by atoms with van der Waals surface area (Å²) in [4.78, 5) is 26.4. The highest BCUT2D eigenvalue weighted by atomic mass is 32.2. The van der Waals surface area contributed by atoms with E-state index in [1.54, 1.807) is 17.0 Å². The molecule has 172 valence electrons. The number of rotatable bonds is 8. The summed E-state index contributed by atoms with van der Waals surface area (Å²) < 4.78 is 27.7. The minimum Gasteiger partial charge on any atom is -0.394 e. The second kappa shape index (κ2) is 10.1. The Kier molecular flexibility index (Phi) is 7.72. The van der Waals surface area contributed by atoms with Gasteiger partial charge in [0.2, 0.25) is 21.8 Å². The molecule has 2 aliphatic heterocycles. The standard InChI is InChI=1S/C22H33N3O5S/c1-16(2)13-18(15-26)23-22(28)17-5-3-11-24(14-17)31(29,30)20-9-7-19(8-10-20)25-12-4-6-21(25)27/h7-10,16-18,26H,3-6,11-15H2,1-2H3,(H,23,28)/t17-,18-/m0/s1. The average molecular weight is 452 g/mol. The summed E-state index contributed by atoms with van der Waals surface area (Å²) in [6.07, 6.45) is 3.22. The van der Waals surface area contributed by atoms with E-state index in [4.69, 9.17) is 0 Å². The van der Waals surface area contributed by atoms with Crippen LogP contribution in [0.1, 0.15) is 46.0 Å². The Hall–Kier alpha value is -1.97. The van der Waals surface area contributed by atoms with Gasteiger partial charge in [-0.05, 0) is 55.9 Å². The van der Waals surface area contributed by atoms with Gasteiger partial charge in [-0.15, -0.1) is 0 Å². The van der Waals surface area contributed by atoms with Crippen molar-refractivity contribution >= 4 is 27.5 Å². The van der Waals surface area contributed by atoms with Crippen LogP contribution in [0.3, 0.4) is 0 Å². The molecule has 2 N–H and O–H groups in total. The van der Waals surface area contributed by atoms with Crippen LogP contribution in [0.15, 0.2) is 29.2 Å². The predicted octanol–water partition coefficient (Wildman–Crippen LogP) is 1.74. The van der Waals surface area contributed by atoms with E-state index < -0.39 is 15.9 Å². The molecule has 0 unspecified atom stereocenters. The summed E-state index contributed by atoms with van der Waals surface area (Å²) in [6.45, 7) is 5.06. The van der Waals surface area contributed by atoms with E-state index in [9.17, 15) is 23.1 Å². The molecule has 8 nitrogen and oxygen atoms in total. The van der Waals surface area contributed by atoms with Crippen LogP contribution in [0.25, 0.3) is 0 Å². The van der Waals surface area contributed by atoms with E-state index in [-0.39, 0.29) is 35.9 Å². The largest absolute Gasteiger partial charge is 0.394 e. The SMILES string of the molecule is CC(C)C[C@@H](CO)NC(=O)[C@H]1CCCN(S(=O)(=O)c2ccc(N3CCCC3=O)cc2)C1. The lowest BCUT2D eigenvalue weighted by atomic mass is 9.97. The molecule has 0 radical (unpaired) electrons. The summed E-state index contributed by atoms with van der Waals surface area (Å²) in [7, 11) is -3.73. The number of amides is 2. The quantitative estimate of drug-likeness (QED) is 0.626. The molecule has 31 heavy (non-hydrogen) atoms. The monoisotopic (exact) mass is 451 g/mol. The highest BCUT2D eigenvalue weighted by Crippen LogP contribution is 2.27. The lowest BCUT2D eigenvalue weighted by Crippen LogP contribution is -2.48. The van der Waals surface area contributed by atoms with E-state index in [2.05, 4.69) is 5.32 Å². The first-order chi connectivity index (χ1) is 14.7. The first-order valence-electron chi connectivity index (χ1n) is 11.0. The molecule has 0 bridgehead atoms. The zero-order valence-corrected chi connectivity index (χ0v) is 19.1. The molecule has 2 heterocycles. The van der Waals surface area contributed by atoms with Crippen molar-refractivity contribution in [3.05, 3.63) is 24.3 Å². The fourth-order valence-electron chi connectivity index (χ4n) is 4.31. The van der Waals surface area contributed by atoms with Gasteiger partial charge in [0.05, 0.1) is 23.5 Å². The number of anilines is 1. The number of benzene rings is 1. The van der Waals surface area contributed by atoms with E-state index >= 15 is 0 Å². The Morgan fingerprint density at radius 3 is 2.48 bits per heavy atom. The molecule has 0 aliphatic carbocycles. The van der Waals surface area contributed by atoms with E-state index in [1.165, 1.54) is 16.4 Å². The smallest absolute Gasteiger partial charge is 0.243 e. The molecule has 0 saturated carbocycles. The Morgan fingerprint density at radius 2 is 1.90 bits per heavy atom. The number of piperidine rings is 1. The molecule has 3 rings (SSSR count). The second-order valence-corrected chi connectivity index (χ2v) is 10.8. The predicted molar refractivity (Wildman–Crippen MR) is 118 cm³/mol. The van der Waals surface area contributed by atoms with E-state index in [0.29, 0.717) is 50.4 Å². The first-order valence-corrected chi connectivity index (χ1v) is 12.5. The highest BCUT2D eigenvalue weighted by molar-refractivity contribution is 7.89. The van der Waals surface area contributed by atoms with E-state index in [1.807, 2.05) is 13.8 Å². The summed E-state index contributed by atoms with van der Waals surface area (Å²) in [5.74, 6) is -0.257. The minimum atomic E-state index is -3.73. The van der Waals surface area contributed by atoms with Gasteiger partial charge in [-0.25, -0.2) is 8.42 Å². The number of aliphatic hydroxyl groups is 1. The van der Waals surface area contributed by atoms with Gasteiger partial charge in [0.1, 0.15) is 0 Å². The van der Waals surface area contributed by atoms with Crippen molar-refractivity contribution in [2.75, 3.05) is 31.1 Å². The third-order valence-electron chi connectivity index (χ3n) is 5.94. The van der Waals surface area contributed by atoms with Crippen LogP contribution in [0, 0.1) is 11.8 Å². The molecule has 0 aromatic heterocycles. The summed E-state index contributed by atoms with van der Waals surface area (Å²) in [5, 5.41) is 12.4. The van der Waals surface area contributed by atoms with Crippen molar-refractivity contribution in [3.63, 3.8) is 0 Å². The third kappa shape index (κ3) is 5.64. The van der Waals surface area contributed by atoms with Gasteiger partial charge in [0.15, 0.2) is 0 Å². The van der Waals surface area contributed by atoms with Crippen LogP contribution >= 0.6 is 0 Å². The Labute approximate surface area is 184 Å². The van der Waals surface area contributed by atoms with Crippen molar-refractivity contribution < 1.29 is 23.1 Å². The molecular weight excluding hydrogens is 418 g/mol. The number of sulfonamides is 1.